The van der Waals surface area contributed by atoms with Crippen molar-refractivity contribution < 1.29 is 4.39 Å². The summed E-state index contributed by atoms with van der Waals surface area (Å²) in [7, 11) is 0. The molecule has 0 aliphatic rings. The van der Waals surface area contributed by atoms with Gasteiger partial charge in [0.2, 0.25) is 0 Å². The maximum Gasteiger partial charge on any atom is 0.307 e. The van der Waals surface area contributed by atoms with Crippen molar-refractivity contribution in [2.24, 2.45) is 0 Å². The summed E-state index contributed by atoms with van der Waals surface area (Å²) >= 11 is 8.25. The van der Waals surface area contributed by atoms with Crippen LogP contribution >= 0.6 is 34.3 Å². The molecule has 0 saturated heterocycles. The van der Waals surface area contributed by atoms with E-state index in [1.165, 1.54) is 22.0 Å². The molecule has 0 aliphatic carbocycles. The first-order valence-electron chi connectivity index (χ1n) is 6.10. The molecule has 0 aliphatic heterocycles. The zero-order chi connectivity index (χ0) is 14.8. The van der Waals surface area contributed by atoms with E-state index in [-0.39, 0.29) is 17.2 Å². The van der Waals surface area contributed by atoms with E-state index in [9.17, 15) is 9.18 Å². The second kappa shape index (κ2) is 6.09. The standard InChI is InChI=1S/C14H10ClFN2OS2/c15-6-11-8-21-13(17-11)9-1-2-10(12(16)5-9)7-18-3-4-20-14(18)19/h1-5,8H,6-7H2. The predicted octanol–water partition coefficient (Wildman–Crippen LogP) is 3.96. The van der Waals surface area contributed by atoms with Crippen LogP contribution in [0.5, 0.6) is 0 Å². The molecule has 0 unspecified atom stereocenters. The average Bonchev–Trinajstić information content (AvgIpc) is 3.10. The number of rotatable bonds is 4. The first-order chi connectivity index (χ1) is 10.2. The molecule has 7 heteroatoms. The minimum absolute atomic E-state index is 0.0924. The Kier molecular flexibility index (Phi) is 4.19. The Morgan fingerprint density at radius 3 is 2.81 bits per heavy atom. The molecule has 3 nitrogen and oxygen atoms in total. The Bertz CT molecular complexity index is 824. The molecular formula is C14H10ClFN2OS2. The molecule has 21 heavy (non-hydrogen) atoms. The summed E-state index contributed by atoms with van der Waals surface area (Å²) in [6.45, 7) is 0.235. The van der Waals surface area contributed by atoms with Gasteiger partial charge < -0.3 is 4.57 Å². The molecule has 0 bridgehead atoms. The molecule has 0 radical (unpaired) electrons. The Balaban J connectivity index is 1.89. The number of hydrogen-bond acceptors (Lipinski definition) is 4. The Morgan fingerprint density at radius 1 is 1.33 bits per heavy atom. The second-order valence-electron chi connectivity index (χ2n) is 4.38. The van der Waals surface area contributed by atoms with Crippen LogP contribution in [-0.4, -0.2) is 9.55 Å². The number of halogens is 2. The van der Waals surface area contributed by atoms with E-state index in [1.54, 1.807) is 17.6 Å². The molecule has 3 rings (SSSR count). The van der Waals surface area contributed by atoms with Crippen LogP contribution in [-0.2, 0) is 12.4 Å². The molecule has 0 amide bonds. The summed E-state index contributed by atoms with van der Waals surface area (Å²) < 4.78 is 15.7. The highest BCUT2D eigenvalue weighted by molar-refractivity contribution is 7.13. The average molecular weight is 341 g/mol. The Hall–Kier alpha value is -1.50. The van der Waals surface area contributed by atoms with E-state index in [1.807, 2.05) is 11.4 Å². The van der Waals surface area contributed by atoms with Gasteiger partial charge in [0.25, 0.3) is 0 Å². The molecule has 3 aromatic rings. The maximum atomic E-state index is 14.2. The third kappa shape index (κ3) is 3.07. The molecule has 0 N–H and O–H groups in total. The highest BCUT2D eigenvalue weighted by atomic mass is 35.5. The van der Waals surface area contributed by atoms with Crippen LogP contribution in [0.2, 0.25) is 0 Å². The van der Waals surface area contributed by atoms with Crippen LogP contribution in [0.25, 0.3) is 10.6 Å². The Morgan fingerprint density at radius 2 is 2.19 bits per heavy atom. The largest absolute Gasteiger partial charge is 0.307 e. The van der Waals surface area contributed by atoms with Gasteiger partial charge in [0.1, 0.15) is 10.8 Å². The minimum atomic E-state index is -0.340. The van der Waals surface area contributed by atoms with Gasteiger partial charge in [0.15, 0.2) is 0 Å². The zero-order valence-electron chi connectivity index (χ0n) is 10.8. The molecular weight excluding hydrogens is 331 g/mol. The first-order valence-corrected chi connectivity index (χ1v) is 8.40. The van der Waals surface area contributed by atoms with E-state index in [0.717, 1.165) is 27.6 Å². The van der Waals surface area contributed by atoms with Crippen molar-refractivity contribution in [3.63, 3.8) is 0 Å². The third-order valence-electron chi connectivity index (χ3n) is 2.97. The quantitative estimate of drug-likeness (QED) is 0.674. The molecule has 0 spiro atoms. The van der Waals surface area contributed by atoms with Crippen LogP contribution in [0.15, 0.2) is 40.0 Å². The van der Waals surface area contributed by atoms with Gasteiger partial charge in [-0.05, 0) is 6.07 Å². The topological polar surface area (TPSA) is 34.9 Å². The number of aromatic nitrogens is 2. The van der Waals surface area contributed by atoms with Gasteiger partial charge in [0, 0.05) is 28.1 Å². The fourth-order valence-corrected chi connectivity index (χ4v) is 3.53. The van der Waals surface area contributed by atoms with Gasteiger partial charge in [-0.15, -0.1) is 22.9 Å². The lowest BCUT2D eigenvalue weighted by atomic mass is 10.1. The number of benzene rings is 1. The predicted molar refractivity (Wildman–Crippen MR) is 84.7 cm³/mol. The van der Waals surface area contributed by atoms with Crippen LogP contribution in [0.1, 0.15) is 11.3 Å². The Labute approximate surface area is 133 Å². The van der Waals surface area contributed by atoms with Gasteiger partial charge in [-0.1, -0.05) is 23.5 Å². The van der Waals surface area contributed by atoms with Crippen LogP contribution in [0.4, 0.5) is 4.39 Å². The van der Waals surface area contributed by atoms with Crippen molar-refractivity contribution in [2.45, 2.75) is 12.4 Å². The van der Waals surface area contributed by atoms with E-state index in [0.29, 0.717) is 11.4 Å². The number of thiazole rings is 2. The highest BCUT2D eigenvalue weighted by Crippen LogP contribution is 2.26. The minimum Gasteiger partial charge on any atom is -0.301 e. The summed E-state index contributed by atoms with van der Waals surface area (Å²) in [6, 6.07) is 4.95. The van der Waals surface area contributed by atoms with Crippen molar-refractivity contribution in [2.75, 3.05) is 0 Å². The van der Waals surface area contributed by atoms with Gasteiger partial charge in [0.05, 0.1) is 18.1 Å². The molecule has 1 aromatic carbocycles. The lowest BCUT2D eigenvalue weighted by molar-refractivity contribution is 0.598. The van der Waals surface area contributed by atoms with E-state index >= 15 is 0 Å². The summed E-state index contributed by atoms with van der Waals surface area (Å²) in [6.07, 6.45) is 1.66. The normalized spacial score (nSPS) is 11.0. The van der Waals surface area contributed by atoms with Gasteiger partial charge in [-0.2, -0.15) is 0 Å². The highest BCUT2D eigenvalue weighted by Gasteiger charge is 2.09. The fraction of sp³-hybridized carbons (Fsp3) is 0.143. The van der Waals surface area contributed by atoms with Gasteiger partial charge >= 0.3 is 4.87 Å². The van der Waals surface area contributed by atoms with Gasteiger partial charge in [-0.3, -0.25) is 4.79 Å². The monoisotopic (exact) mass is 340 g/mol. The zero-order valence-corrected chi connectivity index (χ0v) is 13.1. The number of hydrogen-bond donors (Lipinski definition) is 0. The van der Waals surface area contributed by atoms with Crippen molar-refractivity contribution in [3.8, 4) is 10.6 Å². The number of nitrogens with zero attached hydrogens (tertiary/aromatic N) is 2. The molecule has 2 heterocycles. The van der Waals surface area contributed by atoms with E-state index in [2.05, 4.69) is 4.98 Å². The SMILES string of the molecule is O=c1sccn1Cc1ccc(-c2nc(CCl)cs2)cc1F. The van der Waals surface area contributed by atoms with Gasteiger partial charge in [-0.25, -0.2) is 9.37 Å². The maximum absolute atomic E-state index is 14.2. The van der Waals surface area contributed by atoms with E-state index in [4.69, 9.17) is 11.6 Å². The molecule has 2 aromatic heterocycles. The van der Waals surface area contributed by atoms with Crippen LogP contribution < -0.4 is 4.87 Å². The summed E-state index contributed by atoms with van der Waals surface area (Å²) in [5.74, 6) is 0.00577. The first kappa shape index (κ1) is 14.4. The summed E-state index contributed by atoms with van der Waals surface area (Å²) in [5, 5.41) is 4.29. The lowest BCUT2D eigenvalue weighted by Crippen LogP contribution is -2.13. The molecule has 0 fully saturated rings. The fourth-order valence-electron chi connectivity index (χ4n) is 1.90. The number of alkyl halides is 1. The van der Waals surface area contributed by atoms with Crippen molar-refractivity contribution in [3.05, 3.63) is 61.9 Å². The third-order valence-corrected chi connectivity index (χ3v) is 4.88. The smallest absolute Gasteiger partial charge is 0.301 e. The molecule has 108 valence electrons. The summed E-state index contributed by atoms with van der Waals surface area (Å²) in [4.78, 5) is 15.7. The van der Waals surface area contributed by atoms with Crippen LogP contribution in [0.3, 0.4) is 0 Å². The second-order valence-corrected chi connectivity index (χ2v) is 6.36. The summed E-state index contributed by atoms with van der Waals surface area (Å²) in [5.41, 5.74) is 1.98. The van der Waals surface area contributed by atoms with Crippen molar-refractivity contribution >= 4 is 34.3 Å². The van der Waals surface area contributed by atoms with Crippen LogP contribution in [0, 0.1) is 5.82 Å². The molecule has 0 saturated carbocycles. The lowest BCUT2D eigenvalue weighted by Gasteiger charge is -2.05. The van der Waals surface area contributed by atoms with Crippen molar-refractivity contribution in [1.29, 1.82) is 0 Å². The van der Waals surface area contributed by atoms with Crippen molar-refractivity contribution in [1.82, 2.24) is 9.55 Å². The van der Waals surface area contributed by atoms with E-state index < -0.39 is 0 Å². The molecule has 0 atom stereocenters.